The smallest absolute Gasteiger partial charge is 0.292 e. The van der Waals surface area contributed by atoms with Crippen LogP contribution in [0.25, 0.3) is 0 Å². The summed E-state index contributed by atoms with van der Waals surface area (Å²) in [6.07, 6.45) is 0. The zero-order valence-corrected chi connectivity index (χ0v) is 8.80. The number of methoxy groups -OCH3 is 1. The van der Waals surface area contributed by atoms with Crippen molar-refractivity contribution in [3.05, 3.63) is 33.8 Å². The maximum Gasteiger partial charge on any atom is 0.292 e. The van der Waals surface area contributed by atoms with Crippen molar-refractivity contribution in [3.8, 4) is 0 Å². The highest BCUT2D eigenvalue weighted by Crippen LogP contribution is 2.14. The Morgan fingerprint density at radius 2 is 2.17 bits per heavy atom. The number of hydrogen-bond donors (Lipinski definition) is 0. The van der Waals surface area contributed by atoms with Crippen LogP contribution in [0.4, 0.5) is 0 Å². The molecule has 0 unspecified atom stereocenters. The average Bonchev–Trinajstić information content (AvgIpc) is 2.04. The molecule has 0 heterocycles. The molecule has 1 aromatic carbocycles. The zero-order valence-electron chi connectivity index (χ0n) is 6.46. The Balaban J connectivity index is 0.000000261. The molecule has 0 aliphatic carbocycles. The molecule has 1 rings (SSSR count). The Kier molecular flexibility index (Phi) is 6.81. The summed E-state index contributed by atoms with van der Waals surface area (Å²) in [6.45, 7) is 0.375. The molecular formula is C8H8BrClO2. The van der Waals surface area contributed by atoms with Crippen LogP contribution < -0.4 is 0 Å². The van der Waals surface area contributed by atoms with Crippen LogP contribution in [-0.2, 0) is 9.53 Å². The van der Waals surface area contributed by atoms with Gasteiger partial charge in [0.1, 0.15) is 0 Å². The lowest BCUT2D eigenvalue weighted by Gasteiger charge is -1.87. The summed E-state index contributed by atoms with van der Waals surface area (Å²) in [4.78, 5) is 8.95. The summed E-state index contributed by atoms with van der Waals surface area (Å²) in [5.41, 5.74) is 0. The van der Waals surface area contributed by atoms with Crippen molar-refractivity contribution in [2.24, 2.45) is 0 Å². The third-order valence-corrected chi connectivity index (χ3v) is 1.61. The van der Waals surface area contributed by atoms with Crippen molar-refractivity contribution >= 4 is 34.0 Å². The minimum Gasteiger partial charge on any atom is -0.471 e. The van der Waals surface area contributed by atoms with Crippen LogP contribution in [-0.4, -0.2) is 13.6 Å². The second kappa shape index (κ2) is 7.13. The Morgan fingerprint density at radius 1 is 1.58 bits per heavy atom. The Morgan fingerprint density at radius 3 is 2.42 bits per heavy atom. The number of hydrogen-bond acceptors (Lipinski definition) is 2. The van der Waals surface area contributed by atoms with E-state index in [4.69, 9.17) is 16.4 Å². The molecule has 0 fully saturated rings. The maximum absolute atomic E-state index is 8.95. The van der Waals surface area contributed by atoms with Crippen LogP contribution in [0.1, 0.15) is 0 Å². The number of rotatable bonds is 1. The molecule has 0 N–H and O–H groups in total. The third-order valence-electron chi connectivity index (χ3n) is 0.883. The molecule has 0 spiro atoms. The number of ether oxygens (including phenoxy) is 1. The molecule has 0 aliphatic rings. The van der Waals surface area contributed by atoms with Gasteiger partial charge in [0, 0.05) is 9.50 Å². The van der Waals surface area contributed by atoms with Crippen molar-refractivity contribution in [2.75, 3.05) is 7.11 Å². The van der Waals surface area contributed by atoms with Gasteiger partial charge in [-0.1, -0.05) is 33.6 Å². The molecule has 0 atom stereocenters. The molecular weight excluding hydrogens is 243 g/mol. The molecule has 1 aromatic rings. The number of benzene rings is 1. The monoisotopic (exact) mass is 250 g/mol. The minimum absolute atomic E-state index is 0.375. The first kappa shape index (κ1) is 11.5. The topological polar surface area (TPSA) is 26.3 Å². The van der Waals surface area contributed by atoms with Crippen LogP contribution in [0, 0.1) is 0 Å². The van der Waals surface area contributed by atoms with Crippen molar-refractivity contribution in [3.63, 3.8) is 0 Å². The standard InChI is InChI=1S/C6H4BrCl.C2H4O2/c7-5-2-1-3-6(8)4-5;1-4-2-3/h1-4H;2H,1H3. The van der Waals surface area contributed by atoms with E-state index in [1.165, 1.54) is 7.11 Å². The SMILES string of the molecule is COC=O.Clc1cccc(Br)c1. The van der Waals surface area contributed by atoms with E-state index in [1.807, 2.05) is 24.3 Å². The molecule has 4 heteroatoms. The number of halogens is 2. The molecule has 0 aliphatic heterocycles. The lowest BCUT2D eigenvalue weighted by molar-refractivity contribution is -0.126. The van der Waals surface area contributed by atoms with Crippen molar-refractivity contribution in [2.45, 2.75) is 0 Å². The van der Waals surface area contributed by atoms with E-state index in [2.05, 4.69) is 20.7 Å². The van der Waals surface area contributed by atoms with Crippen LogP contribution >= 0.6 is 27.5 Å². The largest absolute Gasteiger partial charge is 0.471 e. The molecule has 0 saturated carbocycles. The molecule has 0 amide bonds. The highest BCUT2D eigenvalue weighted by Gasteiger charge is 1.84. The van der Waals surface area contributed by atoms with Gasteiger partial charge in [0.2, 0.25) is 0 Å². The minimum atomic E-state index is 0.375. The lowest BCUT2D eigenvalue weighted by atomic mass is 10.4. The third kappa shape index (κ3) is 6.19. The molecule has 66 valence electrons. The van der Waals surface area contributed by atoms with E-state index in [1.54, 1.807) is 0 Å². The van der Waals surface area contributed by atoms with Gasteiger partial charge in [-0.25, -0.2) is 0 Å². The van der Waals surface area contributed by atoms with Crippen LogP contribution in [0.15, 0.2) is 28.7 Å². The lowest BCUT2D eigenvalue weighted by Crippen LogP contribution is -1.68. The maximum atomic E-state index is 8.95. The average molecular weight is 252 g/mol. The Labute approximate surface area is 84.6 Å². The predicted molar refractivity (Wildman–Crippen MR) is 52.2 cm³/mol. The van der Waals surface area contributed by atoms with Gasteiger partial charge in [0.15, 0.2) is 0 Å². The van der Waals surface area contributed by atoms with Gasteiger partial charge in [-0.15, -0.1) is 0 Å². The predicted octanol–water partition coefficient (Wildman–Crippen LogP) is 2.89. The molecule has 0 aromatic heterocycles. The molecule has 0 radical (unpaired) electrons. The van der Waals surface area contributed by atoms with Gasteiger partial charge in [0.25, 0.3) is 6.47 Å². The molecule has 12 heavy (non-hydrogen) atoms. The van der Waals surface area contributed by atoms with E-state index < -0.39 is 0 Å². The normalized spacial score (nSPS) is 7.92. The molecule has 0 saturated heterocycles. The highest BCUT2D eigenvalue weighted by atomic mass is 79.9. The summed E-state index contributed by atoms with van der Waals surface area (Å²) in [5.74, 6) is 0. The summed E-state index contributed by atoms with van der Waals surface area (Å²) in [6, 6.07) is 7.52. The zero-order chi connectivity index (χ0) is 9.40. The highest BCUT2D eigenvalue weighted by molar-refractivity contribution is 9.10. The van der Waals surface area contributed by atoms with E-state index in [0.717, 1.165) is 9.50 Å². The number of carbonyl (C=O) groups is 1. The van der Waals surface area contributed by atoms with Gasteiger partial charge in [0.05, 0.1) is 7.11 Å². The summed E-state index contributed by atoms with van der Waals surface area (Å²) in [7, 11) is 1.31. The first-order valence-electron chi connectivity index (χ1n) is 3.08. The van der Waals surface area contributed by atoms with Crippen molar-refractivity contribution < 1.29 is 9.53 Å². The molecule has 0 bridgehead atoms. The van der Waals surface area contributed by atoms with Crippen molar-refractivity contribution in [1.29, 1.82) is 0 Å². The first-order chi connectivity index (χ1) is 5.70. The van der Waals surface area contributed by atoms with E-state index in [9.17, 15) is 0 Å². The summed E-state index contributed by atoms with van der Waals surface area (Å²) < 4.78 is 4.88. The Bertz CT molecular complexity index is 223. The van der Waals surface area contributed by atoms with Crippen LogP contribution in [0.5, 0.6) is 0 Å². The van der Waals surface area contributed by atoms with Gasteiger partial charge >= 0.3 is 0 Å². The summed E-state index contributed by atoms with van der Waals surface area (Å²) in [5, 5.41) is 0.763. The fourth-order valence-electron chi connectivity index (χ4n) is 0.460. The second-order valence-electron chi connectivity index (χ2n) is 1.77. The van der Waals surface area contributed by atoms with Crippen LogP contribution in [0.2, 0.25) is 5.02 Å². The first-order valence-corrected chi connectivity index (χ1v) is 4.25. The summed E-state index contributed by atoms with van der Waals surface area (Å²) >= 11 is 8.89. The van der Waals surface area contributed by atoms with Gasteiger partial charge < -0.3 is 4.74 Å². The second-order valence-corrected chi connectivity index (χ2v) is 3.12. The van der Waals surface area contributed by atoms with Gasteiger partial charge in [-0.2, -0.15) is 0 Å². The van der Waals surface area contributed by atoms with E-state index >= 15 is 0 Å². The number of carbonyl (C=O) groups excluding carboxylic acids is 1. The molecule has 2 nitrogen and oxygen atoms in total. The van der Waals surface area contributed by atoms with Crippen LogP contribution in [0.3, 0.4) is 0 Å². The fourth-order valence-corrected chi connectivity index (χ4v) is 1.18. The fraction of sp³-hybridized carbons (Fsp3) is 0.125. The van der Waals surface area contributed by atoms with Crippen molar-refractivity contribution in [1.82, 2.24) is 0 Å². The van der Waals surface area contributed by atoms with Gasteiger partial charge in [-0.05, 0) is 18.2 Å². The Hall–Kier alpha value is -0.540. The quantitative estimate of drug-likeness (QED) is 0.718. The van der Waals surface area contributed by atoms with Gasteiger partial charge in [-0.3, -0.25) is 4.79 Å². The van der Waals surface area contributed by atoms with E-state index in [-0.39, 0.29) is 0 Å². The van der Waals surface area contributed by atoms with E-state index in [0.29, 0.717) is 6.47 Å².